The smallest absolute Gasteiger partial charge is 0.306 e. The van der Waals surface area contributed by atoms with Crippen molar-refractivity contribution in [3.63, 3.8) is 0 Å². The number of carbonyl (C=O) groups excluding carboxylic acids is 1. The number of carboxylic acids is 1. The molecule has 1 aliphatic heterocycles. The summed E-state index contributed by atoms with van der Waals surface area (Å²) in [6.45, 7) is 2.85. The quantitative estimate of drug-likeness (QED) is 0.811. The van der Waals surface area contributed by atoms with Crippen molar-refractivity contribution >= 4 is 11.9 Å². The third kappa shape index (κ3) is 4.82. The number of hydrogen-bond donors (Lipinski definition) is 1. The molecule has 0 spiro atoms. The molecule has 6 heteroatoms. The molecule has 0 atom stereocenters. The Morgan fingerprint density at radius 3 is 2.45 bits per heavy atom. The van der Waals surface area contributed by atoms with Crippen LogP contribution in [0.3, 0.4) is 0 Å². The fraction of sp³-hybridized carbons (Fsp3) is 0.500. The Labute approximate surface area is 129 Å². The van der Waals surface area contributed by atoms with Gasteiger partial charge in [0.2, 0.25) is 0 Å². The number of aliphatic carboxylic acids is 1. The summed E-state index contributed by atoms with van der Waals surface area (Å²) in [5, 5.41) is 8.52. The van der Waals surface area contributed by atoms with Crippen molar-refractivity contribution in [2.24, 2.45) is 5.41 Å². The molecule has 22 heavy (non-hydrogen) atoms. The van der Waals surface area contributed by atoms with Gasteiger partial charge in [-0.2, -0.15) is 0 Å². The van der Waals surface area contributed by atoms with Crippen LogP contribution in [0.1, 0.15) is 31.6 Å². The SMILES string of the molecule is CC1(COC(=O)CCC(=O)O)COC(c2ccccc2)OC1. The van der Waals surface area contributed by atoms with Gasteiger partial charge >= 0.3 is 11.9 Å². The molecular formula is C16H20O6. The largest absolute Gasteiger partial charge is 0.481 e. The average molecular weight is 308 g/mol. The maximum atomic E-state index is 11.5. The summed E-state index contributed by atoms with van der Waals surface area (Å²) in [5.41, 5.74) is 0.521. The van der Waals surface area contributed by atoms with E-state index in [1.54, 1.807) is 0 Å². The molecular weight excluding hydrogens is 288 g/mol. The number of carboxylic acid groups (broad SMARTS) is 1. The van der Waals surface area contributed by atoms with Crippen LogP contribution < -0.4 is 0 Å². The fourth-order valence-corrected chi connectivity index (χ4v) is 2.07. The van der Waals surface area contributed by atoms with E-state index in [0.717, 1.165) is 5.56 Å². The van der Waals surface area contributed by atoms with Crippen LogP contribution in [0.15, 0.2) is 30.3 Å². The van der Waals surface area contributed by atoms with Crippen LogP contribution in [-0.4, -0.2) is 36.9 Å². The Morgan fingerprint density at radius 1 is 1.23 bits per heavy atom. The highest BCUT2D eigenvalue weighted by Gasteiger charge is 2.34. The summed E-state index contributed by atoms with van der Waals surface area (Å²) in [4.78, 5) is 21.8. The van der Waals surface area contributed by atoms with E-state index in [0.29, 0.717) is 13.2 Å². The fourth-order valence-electron chi connectivity index (χ4n) is 2.07. The second kappa shape index (κ2) is 7.38. The molecule has 0 amide bonds. The van der Waals surface area contributed by atoms with Gasteiger partial charge in [-0.1, -0.05) is 37.3 Å². The van der Waals surface area contributed by atoms with E-state index in [1.165, 1.54) is 0 Å². The molecule has 6 nitrogen and oxygen atoms in total. The molecule has 1 aliphatic rings. The lowest BCUT2D eigenvalue weighted by Gasteiger charge is -2.36. The summed E-state index contributed by atoms with van der Waals surface area (Å²) < 4.78 is 16.5. The molecule has 1 heterocycles. The molecule has 1 N–H and O–H groups in total. The van der Waals surface area contributed by atoms with E-state index in [2.05, 4.69) is 0 Å². The minimum atomic E-state index is -1.02. The third-order valence-electron chi connectivity index (χ3n) is 3.36. The van der Waals surface area contributed by atoms with Gasteiger partial charge in [-0.15, -0.1) is 0 Å². The lowest BCUT2D eigenvalue weighted by atomic mass is 9.93. The average Bonchev–Trinajstić information content (AvgIpc) is 2.52. The number of ether oxygens (including phenoxy) is 3. The standard InChI is InChI=1S/C16H20O6/c1-16(9-20-14(19)8-7-13(17)18)10-21-15(22-11-16)12-5-3-2-4-6-12/h2-6,15H,7-11H2,1H3,(H,17,18). The first-order chi connectivity index (χ1) is 10.5. The van der Waals surface area contributed by atoms with Crippen LogP contribution in [0.5, 0.6) is 0 Å². The van der Waals surface area contributed by atoms with E-state index in [1.807, 2.05) is 37.3 Å². The predicted octanol–water partition coefficient (Wildman–Crippen LogP) is 2.15. The van der Waals surface area contributed by atoms with E-state index in [-0.39, 0.29) is 19.4 Å². The highest BCUT2D eigenvalue weighted by molar-refractivity contribution is 5.76. The maximum absolute atomic E-state index is 11.5. The Hall–Kier alpha value is -1.92. The van der Waals surface area contributed by atoms with E-state index >= 15 is 0 Å². The summed E-state index contributed by atoms with van der Waals surface area (Å²) in [6, 6.07) is 9.62. The van der Waals surface area contributed by atoms with Crippen LogP contribution in [0.4, 0.5) is 0 Å². The van der Waals surface area contributed by atoms with Gasteiger partial charge in [0.05, 0.1) is 26.1 Å². The van der Waals surface area contributed by atoms with Gasteiger partial charge in [0.15, 0.2) is 6.29 Å². The summed E-state index contributed by atoms with van der Waals surface area (Å²) >= 11 is 0. The van der Waals surface area contributed by atoms with Gasteiger partial charge in [-0.3, -0.25) is 9.59 Å². The monoisotopic (exact) mass is 308 g/mol. The van der Waals surface area contributed by atoms with Gasteiger partial charge in [0.25, 0.3) is 0 Å². The molecule has 120 valence electrons. The van der Waals surface area contributed by atoms with Crippen molar-refractivity contribution < 1.29 is 28.9 Å². The van der Waals surface area contributed by atoms with Crippen molar-refractivity contribution in [2.45, 2.75) is 26.1 Å². The molecule has 0 bridgehead atoms. The van der Waals surface area contributed by atoms with Gasteiger partial charge in [-0.05, 0) is 0 Å². The molecule has 1 saturated heterocycles. The van der Waals surface area contributed by atoms with Crippen molar-refractivity contribution in [1.29, 1.82) is 0 Å². The molecule has 0 aliphatic carbocycles. The maximum Gasteiger partial charge on any atom is 0.306 e. The minimum Gasteiger partial charge on any atom is -0.481 e. The van der Waals surface area contributed by atoms with Crippen molar-refractivity contribution in [2.75, 3.05) is 19.8 Å². The van der Waals surface area contributed by atoms with Crippen LogP contribution in [0, 0.1) is 5.41 Å². The molecule has 0 saturated carbocycles. The molecule has 0 aromatic heterocycles. The first kappa shape index (κ1) is 16.5. The van der Waals surface area contributed by atoms with Crippen molar-refractivity contribution in [3.05, 3.63) is 35.9 Å². The van der Waals surface area contributed by atoms with E-state index < -0.39 is 23.6 Å². The highest BCUT2D eigenvalue weighted by atomic mass is 16.7. The Balaban J connectivity index is 1.77. The van der Waals surface area contributed by atoms with Gasteiger partial charge in [0, 0.05) is 11.0 Å². The predicted molar refractivity (Wildman–Crippen MR) is 77.0 cm³/mol. The van der Waals surface area contributed by atoms with E-state index in [9.17, 15) is 9.59 Å². The van der Waals surface area contributed by atoms with Gasteiger partial charge < -0.3 is 19.3 Å². The van der Waals surface area contributed by atoms with Crippen molar-refractivity contribution in [1.82, 2.24) is 0 Å². The Morgan fingerprint density at radius 2 is 1.86 bits per heavy atom. The van der Waals surface area contributed by atoms with E-state index in [4.69, 9.17) is 19.3 Å². The molecule has 2 rings (SSSR count). The van der Waals surface area contributed by atoms with Crippen LogP contribution in [0.2, 0.25) is 0 Å². The Bertz CT molecular complexity index is 505. The second-order valence-electron chi connectivity index (χ2n) is 5.73. The minimum absolute atomic E-state index is 0.125. The Kier molecular flexibility index (Phi) is 5.51. The first-order valence-electron chi connectivity index (χ1n) is 7.14. The molecule has 0 unspecified atom stereocenters. The number of rotatable bonds is 6. The topological polar surface area (TPSA) is 82.1 Å². The number of carbonyl (C=O) groups is 2. The number of benzene rings is 1. The normalized spacial score (nSPS) is 24.7. The molecule has 1 aromatic rings. The first-order valence-corrected chi connectivity index (χ1v) is 7.14. The van der Waals surface area contributed by atoms with Gasteiger partial charge in [-0.25, -0.2) is 0 Å². The zero-order valence-electron chi connectivity index (χ0n) is 12.5. The zero-order valence-corrected chi connectivity index (χ0v) is 12.5. The lowest BCUT2D eigenvalue weighted by Crippen LogP contribution is -2.40. The van der Waals surface area contributed by atoms with Crippen molar-refractivity contribution in [3.8, 4) is 0 Å². The van der Waals surface area contributed by atoms with Crippen LogP contribution in [-0.2, 0) is 23.8 Å². The summed E-state index contributed by atoms with van der Waals surface area (Å²) in [7, 11) is 0. The van der Waals surface area contributed by atoms with Gasteiger partial charge in [0.1, 0.15) is 6.61 Å². The second-order valence-corrected chi connectivity index (χ2v) is 5.73. The molecule has 1 fully saturated rings. The highest BCUT2D eigenvalue weighted by Crippen LogP contribution is 2.31. The number of esters is 1. The summed E-state index contributed by atoms with van der Waals surface area (Å²) in [5.74, 6) is -1.54. The molecule has 1 aromatic carbocycles. The lowest BCUT2D eigenvalue weighted by molar-refractivity contribution is -0.239. The van der Waals surface area contributed by atoms with Crippen LogP contribution >= 0.6 is 0 Å². The summed E-state index contributed by atoms with van der Waals surface area (Å²) in [6.07, 6.45) is -0.754. The zero-order chi connectivity index (χ0) is 16.0. The molecule has 0 radical (unpaired) electrons. The number of hydrogen-bond acceptors (Lipinski definition) is 5. The third-order valence-corrected chi connectivity index (χ3v) is 3.36. The van der Waals surface area contributed by atoms with Crippen LogP contribution in [0.25, 0.3) is 0 Å².